The van der Waals surface area contributed by atoms with Gasteiger partial charge in [0.05, 0.1) is 0 Å². The number of nitrogens with one attached hydrogen (secondary N) is 1. The van der Waals surface area contributed by atoms with Gasteiger partial charge in [-0.2, -0.15) is 0 Å². The molecule has 1 amide bonds. The van der Waals surface area contributed by atoms with Crippen molar-refractivity contribution in [1.82, 2.24) is 5.32 Å². The zero-order chi connectivity index (χ0) is 15.1. The highest BCUT2D eigenvalue weighted by molar-refractivity contribution is 5.83. The lowest BCUT2D eigenvalue weighted by Crippen LogP contribution is -2.40. The maximum absolute atomic E-state index is 11.9. The van der Waals surface area contributed by atoms with Crippen LogP contribution in [0, 0.1) is 0 Å². The first kappa shape index (κ1) is 16.0. The molecule has 5 nitrogen and oxygen atoms in total. The maximum Gasteiger partial charge on any atom is 0.326 e. The van der Waals surface area contributed by atoms with Crippen molar-refractivity contribution in [3.63, 3.8) is 0 Å². The molecule has 1 rings (SSSR count). The topological polar surface area (TPSA) is 92.4 Å². The Hall–Kier alpha value is -2.04. The molecule has 0 spiro atoms. The van der Waals surface area contributed by atoms with Gasteiger partial charge in [0.1, 0.15) is 6.04 Å². The van der Waals surface area contributed by atoms with Gasteiger partial charge in [-0.25, -0.2) is 4.79 Å². The van der Waals surface area contributed by atoms with Crippen molar-refractivity contribution in [3.05, 3.63) is 29.8 Å². The minimum Gasteiger partial charge on any atom is -0.480 e. The molecule has 0 aliphatic rings. The van der Waals surface area contributed by atoms with E-state index < -0.39 is 12.0 Å². The fourth-order valence-corrected chi connectivity index (χ4v) is 2.02. The Labute approximate surface area is 119 Å². The van der Waals surface area contributed by atoms with Gasteiger partial charge in [-0.15, -0.1) is 0 Å². The highest BCUT2D eigenvalue weighted by Gasteiger charge is 2.20. The van der Waals surface area contributed by atoms with Crippen LogP contribution in [0.15, 0.2) is 24.3 Å². The molecule has 0 aliphatic heterocycles. The number of anilines is 1. The van der Waals surface area contributed by atoms with Crippen molar-refractivity contribution < 1.29 is 14.7 Å². The third-order valence-electron chi connectivity index (χ3n) is 3.21. The predicted molar refractivity (Wildman–Crippen MR) is 78.4 cm³/mol. The Kier molecular flexibility index (Phi) is 6.03. The first-order chi connectivity index (χ1) is 9.43. The lowest BCUT2D eigenvalue weighted by molar-refractivity contribution is -0.142. The van der Waals surface area contributed by atoms with Crippen molar-refractivity contribution in [2.24, 2.45) is 0 Å². The second kappa shape index (κ2) is 7.53. The van der Waals surface area contributed by atoms with Gasteiger partial charge in [-0.05, 0) is 30.0 Å². The molecule has 0 saturated carbocycles. The Morgan fingerprint density at radius 1 is 1.30 bits per heavy atom. The van der Waals surface area contributed by atoms with Crippen LogP contribution in [0.5, 0.6) is 0 Å². The van der Waals surface area contributed by atoms with Gasteiger partial charge in [0, 0.05) is 12.1 Å². The number of rotatable bonds is 7. The van der Waals surface area contributed by atoms with Gasteiger partial charge in [-0.3, -0.25) is 4.79 Å². The molecule has 5 heteroatoms. The van der Waals surface area contributed by atoms with Crippen molar-refractivity contribution in [2.75, 3.05) is 5.73 Å². The summed E-state index contributed by atoms with van der Waals surface area (Å²) in [5, 5.41) is 11.6. The van der Waals surface area contributed by atoms with Crippen molar-refractivity contribution >= 4 is 17.6 Å². The third-order valence-corrected chi connectivity index (χ3v) is 3.21. The van der Waals surface area contributed by atoms with Crippen LogP contribution in [-0.2, 0) is 9.59 Å². The molecule has 0 radical (unpaired) electrons. The number of aliphatic carboxylic acids is 1. The van der Waals surface area contributed by atoms with Crippen LogP contribution in [0.1, 0.15) is 44.6 Å². The fraction of sp³-hybridized carbons (Fsp3) is 0.467. The quantitative estimate of drug-likeness (QED) is 0.666. The molecule has 0 heterocycles. The number of carboxylic acids is 1. The predicted octanol–water partition coefficient (Wildman–Crippen LogP) is 2.13. The summed E-state index contributed by atoms with van der Waals surface area (Å²) in [7, 11) is 0. The summed E-state index contributed by atoms with van der Waals surface area (Å²) in [4.78, 5) is 22.9. The standard InChI is InChI=1S/C15H22N2O3/c1-3-4-13(15(19)20)17-14(18)9-10(2)11-5-7-12(16)8-6-11/h5-8,10,13H,3-4,9,16H2,1-2H3,(H,17,18)(H,19,20)/t10?,13-/m0/s1. The first-order valence-corrected chi connectivity index (χ1v) is 6.81. The smallest absolute Gasteiger partial charge is 0.326 e. The highest BCUT2D eigenvalue weighted by Crippen LogP contribution is 2.20. The molecule has 0 aliphatic carbocycles. The van der Waals surface area contributed by atoms with E-state index in [1.165, 1.54) is 0 Å². The molecule has 0 bridgehead atoms. The molecule has 1 aromatic carbocycles. The summed E-state index contributed by atoms with van der Waals surface area (Å²) in [5.41, 5.74) is 7.31. The van der Waals surface area contributed by atoms with E-state index in [0.717, 1.165) is 5.56 Å². The van der Waals surface area contributed by atoms with Crippen LogP contribution >= 0.6 is 0 Å². The highest BCUT2D eigenvalue weighted by atomic mass is 16.4. The van der Waals surface area contributed by atoms with Crippen molar-refractivity contribution in [2.45, 2.75) is 45.1 Å². The van der Waals surface area contributed by atoms with E-state index in [-0.39, 0.29) is 18.2 Å². The molecular weight excluding hydrogens is 256 g/mol. The Bertz CT molecular complexity index is 457. The number of amides is 1. The number of carbonyl (C=O) groups excluding carboxylic acids is 1. The van der Waals surface area contributed by atoms with E-state index in [1.807, 2.05) is 26.0 Å². The van der Waals surface area contributed by atoms with Gasteiger partial charge in [0.25, 0.3) is 0 Å². The second-order valence-electron chi connectivity index (χ2n) is 5.02. The number of hydrogen-bond acceptors (Lipinski definition) is 3. The van der Waals surface area contributed by atoms with Crippen LogP contribution in [0.4, 0.5) is 5.69 Å². The van der Waals surface area contributed by atoms with Gasteiger partial charge in [-0.1, -0.05) is 32.4 Å². The number of carboxylic acid groups (broad SMARTS) is 1. The van der Waals surface area contributed by atoms with Gasteiger partial charge in [0.2, 0.25) is 5.91 Å². The molecule has 1 aromatic rings. The summed E-state index contributed by atoms with van der Waals surface area (Å²) in [5.74, 6) is -1.21. The van der Waals surface area contributed by atoms with Crippen molar-refractivity contribution in [3.8, 4) is 0 Å². The van der Waals surface area contributed by atoms with Crippen LogP contribution < -0.4 is 11.1 Å². The zero-order valence-corrected chi connectivity index (χ0v) is 11.9. The molecule has 0 saturated heterocycles. The molecule has 20 heavy (non-hydrogen) atoms. The molecule has 0 aromatic heterocycles. The van der Waals surface area contributed by atoms with Crippen molar-refractivity contribution in [1.29, 1.82) is 0 Å². The number of hydrogen-bond donors (Lipinski definition) is 3. The number of nitrogens with two attached hydrogens (primary N) is 1. The number of carbonyl (C=O) groups is 2. The number of benzene rings is 1. The minimum absolute atomic E-state index is 0.0201. The van der Waals surface area contributed by atoms with E-state index in [0.29, 0.717) is 18.5 Å². The summed E-state index contributed by atoms with van der Waals surface area (Å²) >= 11 is 0. The van der Waals surface area contributed by atoms with Gasteiger partial charge in [0.15, 0.2) is 0 Å². The van der Waals surface area contributed by atoms with Crippen LogP contribution in [0.3, 0.4) is 0 Å². The van der Waals surface area contributed by atoms with E-state index in [2.05, 4.69) is 5.32 Å². The van der Waals surface area contributed by atoms with Crippen LogP contribution in [-0.4, -0.2) is 23.0 Å². The van der Waals surface area contributed by atoms with E-state index >= 15 is 0 Å². The SMILES string of the molecule is CCC[C@H](NC(=O)CC(C)c1ccc(N)cc1)C(=O)O. The Morgan fingerprint density at radius 3 is 2.40 bits per heavy atom. The third kappa shape index (κ3) is 4.91. The van der Waals surface area contributed by atoms with Crippen LogP contribution in [0.25, 0.3) is 0 Å². The Morgan fingerprint density at radius 2 is 1.90 bits per heavy atom. The molecule has 4 N–H and O–H groups in total. The average molecular weight is 278 g/mol. The second-order valence-corrected chi connectivity index (χ2v) is 5.02. The number of nitrogen functional groups attached to an aromatic ring is 1. The van der Waals surface area contributed by atoms with E-state index in [4.69, 9.17) is 10.8 Å². The summed E-state index contributed by atoms with van der Waals surface area (Å²) in [6.45, 7) is 3.82. The van der Waals surface area contributed by atoms with Gasteiger partial charge < -0.3 is 16.2 Å². The lowest BCUT2D eigenvalue weighted by atomic mass is 9.97. The maximum atomic E-state index is 11.9. The largest absolute Gasteiger partial charge is 0.480 e. The summed E-state index contributed by atoms with van der Waals surface area (Å²) in [6.07, 6.45) is 1.42. The molecule has 110 valence electrons. The monoisotopic (exact) mass is 278 g/mol. The normalized spacial score (nSPS) is 13.5. The van der Waals surface area contributed by atoms with E-state index in [1.54, 1.807) is 12.1 Å². The van der Waals surface area contributed by atoms with Crippen LogP contribution in [0.2, 0.25) is 0 Å². The summed E-state index contributed by atoms with van der Waals surface area (Å²) < 4.78 is 0. The zero-order valence-electron chi connectivity index (χ0n) is 11.9. The minimum atomic E-state index is -0.986. The molecule has 1 unspecified atom stereocenters. The fourth-order valence-electron chi connectivity index (χ4n) is 2.02. The first-order valence-electron chi connectivity index (χ1n) is 6.81. The van der Waals surface area contributed by atoms with E-state index in [9.17, 15) is 9.59 Å². The molecule has 0 fully saturated rings. The van der Waals surface area contributed by atoms with Gasteiger partial charge >= 0.3 is 5.97 Å². The molecule has 2 atom stereocenters. The average Bonchev–Trinajstić information content (AvgIpc) is 2.38. The Balaban J connectivity index is 2.56. The molecular formula is C15H22N2O3. The lowest BCUT2D eigenvalue weighted by Gasteiger charge is -2.16. The summed E-state index contributed by atoms with van der Waals surface area (Å²) in [6, 6.07) is 6.55.